The lowest BCUT2D eigenvalue weighted by molar-refractivity contribution is -0.0461. The van der Waals surface area contributed by atoms with E-state index < -0.39 is 25.0 Å². The fourth-order valence-electron chi connectivity index (χ4n) is 1.23. The molecule has 0 unspecified atom stereocenters. The number of aliphatic hydroxyl groups excluding tert-OH is 1. The fraction of sp³-hybridized carbons (Fsp3) is 0.364. The topological polar surface area (TPSA) is 75.4 Å². The summed E-state index contributed by atoms with van der Waals surface area (Å²) in [5.41, 5.74) is 6.74. The van der Waals surface area contributed by atoms with Crippen LogP contribution in [0.4, 0.5) is 14.5 Å². The van der Waals surface area contributed by atoms with Crippen molar-refractivity contribution >= 4 is 11.6 Å². The number of rotatable bonds is 4. The average molecular weight is 244 g/mol. The number of aryl methyl sites for hydroxylation is 1. The number of carbonyl (C=O) groups is 1. The minimum absolute atomic E-state index is 0.152. The molecule has 1 aromatic rings. The summed E-state index contributed by atoms with van der Waals surface area (Å²) in [6.07, 6.45) is 0. The molecular weight excluding hydrogens is 230 g/mol. The number of nitrogens with one attached hydrogen (secondary N) is 1. The maximum absolute atomic E-state index is 12.7. The van der Waals surface area contributed by atoms with Gasteiger partial charge in [-0.1, -0.05) is 11.6 Å². The van der Waals surface area contributed by atoms with Crippen LogP contribution in [0, 0.1) is 6.92 Å². The van der Waals surface area contributed by atoms with Crippen molar-refractivity contribution in [2.75, 3.05) is 18.9 Å². The highest BCUT2D eigenvalue weighted by Gasteiger charge is 2.28. The van der Waals surface area contributed by atoms with Crippen molar-refractivity contribution in [1.82, 2.24) is 5.32 Å². The molecule has 0 aromatic heterocycles. The van der Waals surface area contributed by atoms with Gasteiger partial charge in [0, 0.05) is 5.69 Å². The van der Waals surface area contributed by atoms with E-state index in [-0.39, 0.29) is 11.3 Å². The van der Waals surface area contributed by atoms with Crippen LogP contribution < -0.4 is 11.1 Å². The maximum atomic E-state index is 12.7. The second-order valence-electron chi connectivity index (χ2n) is 3.79. The van der Waals surface area contributed by atoms with E-state index in [4.69, 9.17) is 10.8 Å². The molecule has 0 fully saturated rings. The lowest BCUT2D eigenvalue weighted by atomic mass is 10.1. The van der Waals surface area contributed by atoms with Crippen LogP contribution in [0.2, 0.25) is 0 Å². The predicted molar refractivity (Wildman–Crippen MR) is 60.0 cm³/mol. The number of carbonyl (C=O) groups excluding carboxylic acids is 1. The Bertz CT molecular complexity index is 422. The molecule has 0 aliphatic rings. The lowest BCUT2D eigenvalue weighted by Crippen LogP contribution is -2.39. The molecule has 4 N–H and O–H groups in total. The molecule has 0 bridgehead atoms. The Hall–Kier alpha value is -1.69. The number of alkyl halides is 2. The maximum Gasteiger partial charge on any atom is 0.287 e. The zero-order valence-corrected chi connectivity index (χ0v) is 9.34. The Morgan fingerprint density at radius 2 is 2.18 bits per heavy atom. The minimum Gasteiger partial charge on any atom is -0.398 e. The van der Waals surface area contributed by atoms with Crippen LogP contribution in [0.15, 0.2) is 18.2 Å². The number of nitrogens with two attached hydrogens (primary N) is 1. The summed E-state index contributed by atoms with van der Waals surface area (Å²) in [7, 11) is 0. The summed E-state index contributed by atoms with van der Waals surface area (Å²) in [5.74, 6) is -4.01. The van der Waals surface area contributed by atoms with Gasteiger partial charge in [-0.05, 0) is 19.1 Å². The number of amides is 1. The van der Waals surface area contributed by atoms with Gasteiger partial charge in [0.1, 0.15) is 6.61 Å². The fourth-order valence-corrected chi connectivity index (χ4v) is 1.23. The number of hydrogen-bond donors (Lipinski definition) is 3. The SMILES string of the molecule is Cc1ccc(N)c(C(=O)NCC(F)(F)CO)c1. The molecule has 1 aromatic carbocycles. The van der Waals surface area contributed by atoms with Crippen molar-refractivity contribution in [3.05, 3.63) is 29.3 Å². The van der Waals surface area contributed by atoms with Crippen LogP contribution >= 0.6 is 0 Å². The van der Waals surface area contributed by atoms with Crippen molar-refractivity contribution < 1.29 is 18.7 Å². The Morgan fingerprint density at radius 3 is 2.76 bits per heavy atom. The molecule has 0 spiro atoms. The summed E-state index contributed by atoms with van der Waals surface area (Å²) in [5, 5.41) is 10.4. The van der Waals surface area contributed by atoms with Crippen LogP contribution in [0.25, 0.3) is 0 Å². The molecule has 0 saturated heterocycles. The first-order chi connectivity index (χ1) is 7.85. The minimum atomic E-state index is -3.33. The summed E-state index contributed by atoms with van der Waals surface area (Å²) < 4.78 is 25.4. The Morgan fingerprint density at radius 1 is 1.53 bits per heavy atom. The van der Waals surface area contributed by atoms with Crippen molar-refractivity contribution in [3.8, 4) is 0 Å². The molecule has 4 nitrogen and oxygen atoms in total. The average Bonchev–Trinajstić information content (AvgIpc) is 2.29. The highest BCUT2D eigenvalue weighted by molar-refractivity contribution is 5.99. The molecule has 0 heterocycles. The molecule has 0 radical (unpaired) electrons. The molecule has 1 amide bonds. The summed E-state index contributed by atoms with van der Waals surface area (Å²) in [4.78, 5) is 11.6. The van der Waals surface area contributed by atoms with Gasteiger partial charge in [-0.3, -0.25) is 4.79 Å². The first-order valence-corrected chi connectivity index (χ1v) is 4.99. The smallest absolute Gasteiger partial charge is 0.287 e. The van der Waals surface area contributed by atoms with Crippen LogP contribution in [0.5, 0.6) is 0 Å². The summed E-state index contributed by atoms with van der Waals surface area (Å²) in [6, 6.07) is 4.77. The first kappa shape index (κ1) is 13.4. The van der Waals surface area contributed by atoms with E-state index in [0.29, 0.717) is 0 Å². The Labute approximate surface area is 97.4 Å². The van der Waals surface area contributed by atoms with Gasteiger partial charge < -0.3 is 16.2 Å². The zero-order valence-electron chi connectivity index (χ0n) is 9.34. The van der Waals surface area contributed by atoms with Crippen molar-refractivity contribution in [1.29, 1.82) is 0 Å². The number of halogens is 2. The molecule has 94 valence electrons. The third-order valence-electron chi connectivity index (χ3n) is 2.19. The second kappa shape index (κ2) is 5.09. The monoisotopic (exact) mass is 244 g/mol. The van der Waals surface area contributed by atoms with Crippen LogP contribution in [0.1, 0.15) is 15.9 Å². The van der Waals surface area contributed by atoms with E-state index in [1.807, 2.05) is 5.32 Å². The highest BCUT2D eigenvalue weighted by Crippen LogP contribution is 2.15. The summed E-state index contributed by atoms with van der Waals surface area (Å²) in [6.45, 7) is -0.467. The molecule has 0 aliphatic heterocycles. The summed E-state index contributed by atoms with van der Waals surface area (Å²) >= 11 is 0. The zero-order chi connectivity index (χ0) is 13.1. The number of nitrogen functional groups attached to an aromatic ring is 1. The second-order valence-corrected chi connectivity index (χ2v) is 3.79. The Kier molecular flexibility index (Phi) is 4.01. The van der Waals surface area contributed by atoms with Crippen molar-refractivity contribution in [2.45, 2.75) is 12.8 Å². The normalized spacial score (nSPS) is 11.3. The van der Waals surface area contributed by atoms with Crippen LogP contribution in [-0.2, 0) is 0 Å². The quantitative estimate of drug-likeness (QED) is 0.690. The van der Waals surface area contributed by atoms with E-state index in [1.165, 1.54) is 12.1 Å². The number of hydrogen-bond acceptors (Lipinski definition) is 3. The standard InChI is InChI=1S/C11H14F2N2O2/c1-7-2-3-9(14)8(4-7)10(17)15-5-11(12,13)6-16/h2-4,16H,5-6,14H2,1H3,(H,15,17). The predicted octanol–water partition coefficient (Wildman–Crippen LogP) is 0.935. The third-order valence-corrected chi connectivity index (χ3v) is 2.19. The van der Waals surface area contributed by atoms with E-state index in [2.05, 4.69) is 0 Å². The first-order valence-electron chi connectivity index (χ1n) is 4.99. The molecule has 17 heavy (non-hydrogen) atoms. The van der Waals surface area contributed by atoms with Crippen molar-refractivity contribution in [2.24, 2.45) is 0 Å². The van der Waals surface area contributed by atoms with E-state index in [9.17, 15) is 13.6 Å². The molecular formula is C11H14F2N2O2. The van der Waals surface area contributed by atoms with Gasteiger partial charge in [-0.15, -0.1) is 0 Å². The highest BCUT2D eigenvalue weighted by atomic mass is 19.3. The van der Waals surface area contributed by atoms with E-state index in [1.54, 1.807) is 13.0 Å². The van der Waals surface area contributed by atoms with E-state index >= 15 is 0 Å². The Balaban J connectivity index is 2.74. The van der Waals surface area contributed by atoms with Gasteiger partial charge >= 0.3 is 0 Å². The lowest BCUT2D eigenvalue weighted by Gasteiger charge is -2.14. The van der Waals surface area contributed by atoms with Gasteiger partial charge in [0.2, 0.25) is 0 Å². The van der Waals surface area contributed by atoms with Crippen LogP contribution in [-0.4, -0.2) is 30.1 Å². The molecule has 0 saturated carbocycles. The molecule has 6 heteroatoms. The molecule has 0 atom stereocenters. The van der Waals surface area contributed by atoms with Gasteiger partial charge in [-0.25, -0.2) is 8.78 Å². The van der Waals surface area contributed by atoms with Gasteiger partial charge in [0.15, 0.2) is 0 Å². The number of anilines is 1. The van der Waals surface area contributed by atoms with Gasteiger partial charge in [0.05, 0.1) is 12.1 Å². The largest absolute Gasteiger partial charge is 0.398 e. The molecule has 0 aliphatic carbocycles. The number of aliphatic hydroxyl groups is 1. The number of benzene rings is 1. The van der Waals surface area contributed by atoms with Gasteiger partial charge in [0.25, 0.3) is 11.8 Å². The van der Waals surface area contributed by atoms with Crippen LogP contribution in [0.3, 0.4) is 0 Å². The molecule has 1 rings (SSSR count). The van der Waals surface area contributed by atoms with Gasteiger partial charge in [-0.2, -0.15) is 0 Å². The van der Waals surface area contributed by atoms with Crippen molar-refractivity contribution in [3.63, 3.8) is 0 Å². The van der Waals surface area contributed by atoms with E-state index in [0.717, 1.165) is 5.56 Å². The third kappa shape index (κ3) is 3.67.